The fraction of sp³-hybridized carbons (Fsp3) is 0.806. The molecule has 2 N–H and O–H groups in total. The van der Waals surface area contributed by atoms with Crippen molar-refractivity contribution in [3.8, 4) is 0 Å². The number of phosphoric ester groups is 1. The van der Waals surface area contributed by atoms with E-state index in [0.717, 1.165) is 103 Å². The Balaban J connectivity index is 5.12. The topological polar surface area (TPSA) is 111 Å². The van der Waals surface area contributed by atoms with Crippen molar-refractivity contribution in [2.24, 2.45) is 0 Å². The maximum Gasteiger partial charge on any atom is 0.472 e. The van der Waals surface area contributed by atoms with E-state index in [2.05, 4.69) is 86.8 Å². The fourth-order valence-corrected chi connectivity index (χ4v) is 10.8. The van der Waals surface area contributed by atoms with Crippen LogP contribution in [0.5, 0.6) is 0 Å². The van der Waals surface area contributed by atoms with Gasteiger partial charge in [0.25, 0.3) is 0 Å². The molecule has 0 aliphatic rings. The number of rotatable bonds is 63. The van der Waals surface area contributed by atoms with Crippen LogP contribution in [0.15, 0.2) is 72.9 Å². The molecule has 1 amide bonds. The van der Waals surface area contributed by atoms with Gasteiger partial charge in [-0.15, -0.1) is 0 Å². The average molecular weight is 1170 g/mol. The van der Waals surface area contributed by atoms with Gasteiger partial charge < -0.3 is 19.4 Å². The summed E-state index contributed by atoms with van der Waals surface area (Å²) >= 11 is 0. The molecule has 82 heavy (non-hydrogen) atoms. The lowest BCUT2D eigenvalue weighted by Crippen LogP contribution is -2.47. The number of allylic oxidation sites excluding steroid dienone is 11. The Morgan fingerprint density at radius 3 is 1.17 bits per heavy atom. The van der Waals surface area contributed by atoms with E-state index in [1.54, 1.807) is 0 Å². The van der Waals surface area contributed by atoms with Gasteiger partial charge in [-0.3, -0.25) is 18.6 Å². The van der Waals surface area contributed by atoms with Crippen molar-refractivity contribution >= 4 is 19.7 Å². The standard InChI is InChI=1S/C72H133N2O7P/c1-7-10-13-16-19-22-25-28-30-32-34-36-37-39-40-42-44-46-49-52-55-58-61-64-71(75)73-69(68-80-82(77,78)79-67-66-74(4,5)6)70(63-60-57-54-51-48-27-24-21-18-15-12-9-3)81-72(76)65-62-59-56-53-50-47-45-43-41-38-35-33-31-29-26-23-20-17-14-11-8-2/h10,13,19,22,28,30,34,36,39-40,60,63,69-70H,7-9,11-12,14-18,20-21,23-27,29,31-33,35,37-38,41-59,61-62,64-68H2,1-6H3,(H-,73,75,77,78)/p+1/b13-10-,22-19-,30-28-,36-34-,40-39-,63-60+. The van der Waals surface area contributed by atoms with Crippen molar-refractivity contribution in [2.45, 2.75) is 335 Å². The van der Waals surface area contributed by atoms with Gasteiger partial charge in [-0.25, -0.2) is 4.57 Å². The second-order valence-corrected chi connectivity index (χ2v) is 26.1. The van der Waals surface area contributed by atoms with E-state index in [1.807, 2.05) is 33.3 Å². The number of likely N-dealkylation sites (N-methyl/N-ethyl adjacent to an activating group) is 1. The number of phosphoric acid groups is 1. The Morgan fingerprint density at radius 2 is 0.780 bits per heavy atom. The number of carbonyl (C=O) groups is 2. The van der Waals surface area contributed by atoms with Crippen molar-refractivity contribution in [1.82, 2.24) is 5.32 Å². The molecule has 0 aliphatic heterocycles. The van der Waals surface area contributed by atoms with Gasteiger partial charge in [0.2, 0.25) is 5.91 Å². The van der Waals surface area contributed by atoms with Crippen LogP contribution >= 0.6 is 7.82 Å². The molecule has 0 aromatic carbocycles. The third-order valence-corrected chi connectivity index (χ3v) is 16.4. The van der Waals surface area contributed by atoms with Gasteiger partial charge in [0.15, 0.2) is 0 Å². The maximum atomic E-state index is 13.6. The van der Waals surface area contributed by atoms with Crippen LogP contribution in [0.25, 0.3) is 0 Å². The molecule has 0 aliphatic carbocycles. The summed E-state index contributed by atoms with van der Waals surface area (Å²) in [5.74, 6) is -0.507. The number of carbonyl (C=O) groups excluding carboxylic acids is 2. The highest BCUT2D eigenvalue weighted by atomic mass is 31.2. The summed E-state index contributed by atoms with van der Waals surface area (Å²) in [4.78, 5) is 37.9. The van der Waals surface area contributed by atoms with Gasteiger partial charge in [-0.2, -0.15) is 0 Å². The maximum absolute atomic E-state index is 13.6. The molecule has 0 aromatic heterocycles. The third kappa shape index (κ3) is 62.0. The molecule has 0 saturated heterocycles. The number of nitrogens with one attached hydrogen (secondary N) is 1. The number of nitrogens with zero attached hydrogens (tertiary/aromatic N) is 1. The summed E-state index contributed by atoms with van der Waals surface area (Å²) in [5.41, 5.74) is 0. The van der Waals surface area contributed by atoms with Crippen LogP contribution in [-0.2, 0) is 27.9 Å². The molecule has 3 unspecified atom stereocenters. The molecule has 0 saturated carbocycles. The van der Waals surface area contributed by atoms with E-state index >= 15 is 0 Å². The predicted molar refractivity (Wildman–Crippen MR) is 355 cm³/mol. The molecular weight excluding hydrogens is 1040 g/mol. The fourth-order valence-electron chi connectivity index (χ4n) is 10.1. The van der Waals surface area contributed by atoms with Gasteiger partial charge in [-0.1, -0.05) is 306 Å². The molecule has 478 valence electrons. The van der Waals surface area contributed by atoms with Gasteiger partial charge in [0, 0.05) is 12.8 Å². The van der Waals surface area contributed by atoms with Gasteiger partial charge in [-0.05, 0) is 76.7 Å². The van der Waals surface area contributed by atoms with Crippen molar-refractivity contribution in [1.29, 1.82) is 0 Å². The second-order valence-electron chi connectivity index (χ2n) is 24.7. The van der Waals surface area contributed by atoms with Crippen molar-refractivity contribution in [3.05, 3.63) is 72.9 Å². The summed E-state index contributed by atoms with van der Waals surface area (Å²) in [5, 5.41) is 3.07. The number of ether oxygens (including phenoxy) is 1. The van der Waals surface area contributed by atoms with E-state index in [-0.39, 0.29) is 25.1 Å². The number of amides is 1. The van der Waals surface area contributed by atoms with Crippen molar-refractivity contribution in [2.75, 3.05) is 40.9 Å². The van der Waals surface area contributed by atoms with Crippen LogP contribution in [0, 0.1) is 0 Å². The van der Waals surface area contributed by atoms with Crippen LogP contribution in [-0.4, -0.2) is 74.3 Å². The number of unbranched alkanes of at least 4 members (excludes halogenated alkanes) is 37. The first-order chi connectivity index (χ1) is 39.9. The van der Waals surface area contributed by atoms with E-state index in [0.29, 0.717) is 23.9 Å². The molecule has 0 aromatic rings. The summed E-state index contributed by atoms with van der Waals surface area (Å²) in [6, 6.07) is -0.856. The largest absolute Gasteiger partial charge is 0.472 e. The molecule has 9 nitrogen and oxygen atoms in total. The molecule has 0 spiro atoms. The number of hydrogen-bond donors (Lipinski definition) is 2. The van der Waals surface area contributed by atoms with Crippen LogP contribution in [0.3, 0.4) is 0 Å². The lowest BCUT2D eigenvalue weighted by atomic mass is 10.0. The first-order valence-electron chi connectivity index (χ1n) is 34.8. The Labute approximate surface area is 508 Å². The molecule has 0 heterocycles. The minimum Gasteiger partial charge on any atom is -0.456 e. The van der Waals surface area contributed by atoms with Gasteiger partial charge >= 0.3 is 13.8 Å². The first-order valence-corrected chi connectivity index (χ1v) is 36.3. The zero-order valence-corrected chi connectivity index (χ0v) is 55.6. The Hall–Kier alpha value is -2.55. The molecule has 0 radical (unpaired) electrons. The number of quaternary nitrogens is 1. The van der Waals surface area contributed by atoms with Gasteiger partial charge in [0.1, 0.15) is 19.3 Å². The van der Waals surface area contributed by atoms with Gasteiger partial charge in [0.05, 0.1) is 33.8 Å². The summed E-state index contributed by atoms with van der Waals surface area (Å²) in [6.07, 6.45) is 80.5. The summed E-state index contributed by atoms with van der Waals surface area (Å²) < 4.78 is 30.8. The zero-order chi connectivity index (χ0) is 60.0. The first kappa shape index (κ1) is 79.5. The Bertz CT molecular complexity index is 1630. The average Bonchev–Trinajstić information content (AvgIpc) is 3.47. The van der Waals surface area contributed by atoms with E-state index < -0.39 is 20.0 Å². The highest BCUT2D eigenvalue weighted by molar-refractivity contribution is 7.47. The zero-order valence-electron chi connectivity index (χ0n) is 54.7. The van der Waals surface area contributed by atoms with E-state index in [9.17, 15) is 19.0 Å². The SMILES string of the molecule is CC/C=C\C/C=C\C/C=C\C/C=C\C/C=C\CCCCCCCCCC(=O)NC(COP(=O)(O)OCC[N+](C)(C)C)C(/C=C/CCCCCCCCCCCC)OC(=O)CCCCCCCCCCCCCCCCCCCCCCC. The molecular formula is C72H134N2O7P+. The number of hydrogen-bond acceptors (Lipinski definition) is 6. The Kier molecular flexibility index (Phi) is 59.6. The predicted octanol–water partition coefficient (Wildman–Crippen LogP) is 22.0. The van der Waals surface area contributed by atoms with Crippen LogP contribution < -0.4 is 5.32 Å². The molecule has 0 bridgehead atoms. The highest BCUT2D eigenvalue weighted by Crippen LogP contribution is 2.43. The lowest BCUT2D eigenvalue weighted by Gasteiger charge is -2.27. The van der Waals surface area contributed by atoms with Crippen LogP contribution in [0.2, 0.25) is 0 Å². The molecule has 10 heteroatoms. The Morgan fingerprint density at radius 1 is 0.439 bits per heavy atom. The van der Waals surface area contributed by atoms with Crippen LogP contribution in [0.1, 0.15) is 323 Å². The molecule has 0 fully saturated rings. The second kappa shape index (κ2) is 61.5. The van der Waals surface area contributed by atoms with Crippen molar-refractivity contribution in [3.63, 3.8) is 0 Å². The highest BCUT2D eigenvalue weighted by Gasteiger charge is 2.30. The third-order valence-electron chi connectivity index (χ3n) is 15.4. The summed E-state index contributed by atoms with van der Waals surface area (Å²) in [7, 11) is 1.49. The monoisotopic (exact) mass is 1170 g/mol. The molecule has 3 atom stereocenters. The normalized spacial score (nSPS) is 14.0. The van der Waals surface area contributed by atoms with E-state index in [4.69, 9.17) is 13.8 Å². The van der Waals surface area contributed by atoms with Crippen LogP contribution in [0.4, 0.5) is 0 Å². The lowest BCUT2D eigenvalue weighted by molar-refractivity contribution is -0.870. The van der Waals surface area contributed by atoms with Crippen molar-refractivity contribution < 1.29 is 37.3 Å². The summed E-state index contributed by atoms with van der Waals surface area (Å²) in [6.45, 7) is 6.93. The quantitative estimate of drug-likeness (QED) is 0.0205. The van der Waals surface area contributed by atoms with E-state index in [1.165, 1.54) is 186 Å². The smallest absolute Gasteiger partial charge is 0.456 e. The minimum atomic E-state index is -4.46. The minimum absolute atomic E-state index is 0.0370. The molecule has 0 rings (SSSR count). The number of esters is 1.